The van der Waals surface area contributed by atoms with Gasteiger partial charge in [-0.3, -0.25) is 0 Å². The predicted molar refractivity (Wildman–Crippen MR) is 154 cm³/mol. The Bertz CT molecular complexity index is 1180. The molecule has 0 unspecified atom stereocenters. The summed E-state index contributed by atoms with van der Waals surface area (Å²) in [7, 11) is -1.57. The molecule has 0 atom stereocenters. The molecule has 3 rings (SSSR count). The largest absolute Gasteiger partial charge is 0.494 e. The van der Waals surface area contributed by atoms with E-state index >= 15 is 0 Å². The molecule has 0 radical (unpaired) electrons. The van der Waals surface area contributed by atoms with Crippen LogP contribution in [0.3, 0.4) is 0 Å². The SMILES string of the molecule is CCCCCCCCOc1ccc(NNc2cc(C)c(C(=O)Oc3ccc(B(O)O)cc3)c(C)c2C)cc1. The molecule has 7 nitrogen and oxygen atoms in total. The third kappa shape index (κ3) is 8.26. The number of aryl methyl sites for hydroxylation is 1. The lowest BCUT2D eigenvalue weighted by Crippen LogP contribution is -2.29. The number of nitrogens with one attached hydrogen (secondary N) is 2. The topological polar surface area (TPSA) is 100 Å². The maximum atomic E-state index is 12.9. The van der Waals surface area contributed by atoms with Crippen LogP contribution in [0.4, 0.5) is 11.4 Å². The van der Waals surface area contributed by atoms with E-state index < -0.39 is 13.1 Å². The Balaban J connectivity index is 1.55. The average molecular weight is 518 g/mol. The Morgan fingerprint density at radius 3 is 2.11 bits per heavy atom. The molecule has 0 saturated carbocycles. The highest BCUT2D eigenvalue weighted by molar-refractivity contribution is 6.58. The van der Waals surface area contributed by atoms with E-state index in [1.54, 1.807) is 0 Å². The smallest absolute Gasteiger partial charge is 0.488 e. The van der Waals surface area contributed by atoms with Crippen molar-refractivity contribution in [3.8, 4) is 11.5 Å². The summed E-state index contributed by atoms with van der Waals surface area (Å²) in [6.07, 6.45) is 7.45. The lowest BCUT2D eigenvalue weighted by molar-refractivity contribution is 0.0733. The molecular weight excluding hydrogens is 479 g/mol. The van der Waals surface area contributed by atoms with Gasteiger partial charge in [0, 0.05) is 0 Å². The number of anilines is 2. The highest BCUT2D eigenvalue weighted by atomic mass is 16.5. The third-order valence-electron chi connectivity index (χ3n) is 6.65. The predicted octanol–water partition coefficient (Wildman–Crippen LogP) is 5.69. The zero-order valence-corrected chi connectivity index (χ0v) is 22.8. The Kier molecular flexibility index (Phi) is 11.1. The maximum Gasteiger partial charge on any atom is 0.488 e. The van der Waals surface area contributed by atoms with Crippen molar-refractivity contribution in [2.24, 2.45) is 0 Å². The second kappa shape index (κ2) is 14.5. The van der Waals surface area contributed by atoms with Crippen LogP contribution in [0.15, 0.2) is 54.6 Å². The molecule has 0 aliphatic heterocycles. The first-order valence-electron chi connectivity index (χ1n) is 13.3. The number of carbonyl (C=O) groups excluding carboxylic acids is 1. The highest BCUT2D eigenvalue weighted by Gasteiger charge is 2.19. The molecule has 38 heavy (non-hydrogen) atoms. The van der Waals surface area contributed by atoms with Gasteiger partial charge in [0.05, 0.1) is 23.5 Å². The van der Waals surface area contributed by atoms with Crippen LogP contribution >= 0.6 is 0 Å². The van der Waals surface area contributed by atoms with Gasteiger partial charge in [0.15, 0.2) is 0 Å². The molecule has 3 aromatic rings. The Morgan fingerprint density at radius 2 is 1.45 bits per heavy atom. The minimum atomic E-state index is -1.57. The first-order valence-corrected chi connectivity index (χ1v) is 13.3. The van der Waals surface area contributed by atoms with Gasteiger partial charge >= 0.3 is 13.1 Å². The van der Waals surface area contributed by atoms with Crippen molar-refractivity contribution >= 4 is 29.9 Å². The molecule has 8 heteroatoms. The second-order valence-electron chi connectivity index (χ2n) is 9.59. The van der Waals surface area contributed by atoms with Crippen molar-refractivity contribution in [1.82, 2.24) is 0 Å². The summed E-state index contributed by atoms with van der Waals surface area (Å²) in [6, 6.07) is 15.8. The second-order valence-corrected chi connectivity index (χ2v) is 9.59. The summed E-state index contributed by atoms with van der Waals surface area (Å²) in [4.78, 5) is 12.9. The summed E-state index contributed by atoms with van der Waals surface area (Å²) in [5.41, 5.74) is 11.6. The van der Waals surface area contributed by atoms with Gasteiger partial charge in [0.25, 0.3) is 0 Å². The van der Waals surface area contributed by atoms with E-state index in [0.29, 0.717) is 16.8 Å². The molecule has 4 N–H and O–H groups in total. The zero-order chi connectivity index (χ0) is 27.5. The summed E-state index contributed by atoms with van der Waals surface area (Å²) >= 11 is 0. The number of hydrogen-bond donors (Lipinski definition) is 4. The van der Waals surface area contributed by atoms with Crippen LogP contribution in [0.5, 0.6) is 11.5 Å². The van der Waals surface area contributed by atoms with Crippen molar-refractivity contribution in [2.45, 2.75) is 66.2 Å². The number of ether oxygens (including phenoxy) is 2. The molecule has 3 aromatic carbocycles. The van der Waals surface area contributed by atoms with E-state index in [-0.39, 0.29) is 0 Å². The molecule has 0 aliphatic rings. The molecule has 0 spiro atoms. The number of rotatable bonds is 14. The molecule has 0 saturated heterocycles. The molecule has 0 bridgehead atoms. The lowest BCUT2D eigenvalue weighted by Gasteiger charge is -2.18. The van der Waals surface area contributed by atoms with Crippen molar-refractivity contribution in [3.05, 3.63) is 76.9 Å². The van der Waals surface area contributed by atoms with Crippen LogP contribution < -0.4 is 25.8 Å². The van der Waals surface area contributed by atoms with E-state index in [1.165, 1.54) is 56.4 Å². The van der Waals surface area contributed by atoms with Crippen LogP contribution in [0.2, 0.25) is 0 Å². The van der Waals surface area contributed by atoms with Crippen molar-refractivity contribution in [2.75, 3.05) is 17.5 Å². The van der Waals surface area contributed by atoms with E-state index in [9.17, 15) is 14.8 Å². The standard InChI is InChI=1S/C30H39BN2O5/c1-5-6-7-8-9-10-19-37-26-17-13-25(14-18-26)32-33-28-20-21(2)29(23(4)22(28)3)30(34)38-27-15-11-24(12-16-27)31(35)36/h11-18,20,32-33,35-36H,5-10,19H2,1-4H3. The molecule has 0 heterocycles. The van der Waals surface area contributed by atoms with Gasteiger partial charge < -0.3 is 30.4 Å². The van der Waals surface area contributed by atoms with Gasteiger partial charge in [0.2, 0.25) is 0 Å². The Labute approximate surface area is 226 Å². The fourth-order valence-electron chi connectivity index (χ4n) is 4.24. The molecule has 0 fully saturated rings. The summed E-state index contributed by atoms with van der Waals surface area (Å²) in [5.74, 6) is 0.729. The van der Waals surface area contributed by atoms with E-state index in [1.807, 2.05) is 51.1 Å². The van der Waals surface area contributed by atoms with Gasteiger partial charge in [-0.15, -0.1) is 0 Å². The minimum Gasteiger partial charge on any atom is -0.494 e. The van der Waals surface area contributed by atoms with Crippen LogP contribution in [0.25, 0.3) is 0 Å². The highest BCUT2D eigenvalue weighted by Crippen LogP contribution is 2.27. The number of benzene rings is 3. The molecule has 0 amide bonds. The Morgan fingerprint density at radius 1 is 0.816 bits per heavy atom. The normalized spacial score (nSPS) is 10.7. The number of hydrazine groups is 1. The minimum absolute atomic E-state index is 0.325. The molecule has 0 aliphatic carbocycles. The first-order chi connectivity index (χ1) is 18.3. The van der Waals surface area contributed by atoms with Crippen molar-refractivity contribution in [3.63, 3.8) is 0 Å². The van der Waals surface area contributed by atoms with Crippen LogP contribution in [-0.2, 0) is 0 Å². The van der Waals surface area contributed by atoms with Crippen molar-refractivity contribution in [1.29, 1.82) is 0 Å². The van der Waals surface area contributed by atoms with E-state index in [4.69, 9.17) is 9.47 Å². The van der Waals surface area contributed by atoms with Crippen LogP contribution in [-0.4, -0.2) is 29.7 Å². The fraction of sp³-hybridized carbons (Fsp3) is 0.367. The first kappa shape index (κ1) is 29.1. The zero-order valence-electron chi connectivity index (χ0n) is 22.8. The van der Waals surface area contributed by atoms with Crippen LogP contribution in [0.1, 0.15) is 72.5 Å². The molecule has 202 valence electrons. The third-order valence-corrected chi connectivity index (χ3v) is 6.65. The number of hydrogen-bond acceptors (Lipinski definition) is 7. The fourth-order valence-corrected chi connectivity index (χ4v) is 4.24. The number of unbranched alkanes of at least 4 members (excludes halogenated alkanes) is 5. The van der Waals surface area contributed by atoms with Gasteiger partial charge in [-0.2, -0.15) is 0 Å². The van der Waals surface area contributed by atoms with E-state index in [2.05, 4.69) is 17.8 Å². The lowest BCUT2D eigenvalue weighted by atomic mass is 9.80. The number of carbonyl (C=O) groups is 1. The average Bonchev–Trinajstić information content (AvgIpc) is 2.90. The summed E-state index contributed by atoms with van der Waals surface area (Å²) in [5, 5.41) is 18.5. The van der Waals surface area contributed by atoms with Gasteiger partial charge in [-0.05, 0) is 91.8 Å². The van der Waals surface area contributed by atoms with Crippen molar-refractivity contribution < 1.29 is 24.3 Å². The summed E-state index contributed by atoms with van der Waals surface area (Å²) in [6.45, 7) is 8.68. The Hall–Kier alpha value is -3.49. The van der Waals surface area contributed by atoms with Gasteiger partial charge in [0.1, 0.15) is 11.5 Å². The van der Waals surface area contributed by atoms with E-state index in [0.717, 1.165) is 46.8 Å². The summed E-state index contributed by atoms with van der Waals surface area (Å²) < 4.78 is 11.4. The molecule has 0 aromatic heterocycles. The number of esters is 1. The maximum absolute atomic E-state index is 12.9. The van der Waals surface area contributed by atoms with Gasteiger partial charge in [-0.25, -0.2) is 4.79 Å². The monoisotopic (exact) mass is 518 g/mol. The quantitative estimate of drug-likeness (QED) is 0.0716. The van der Waals surface area contributed by atoms with Crippen LogP contribution in [0, 0.1) is 20.8 Å². The van der Waals surface area contributed by atoms with Gasteiger partial charge in [-0.1, -0.05) is 51.2 Å². The molecular formula is C30H39BN2O5.